The smallest absolute Gasteiger partial charge is 0.272 e. The van der Waals surface area contributed by atoms with Crippen LogP contribution in [-0.4, -0.2) is 48.6 Å². The first kappa shape index (κ1) is 16.2. The Balaban J connectivity index is 1.44. The molecule has 0 unspecified atom stereocenters. The second-order valence-electron chi connectivity index (χ2n) is 5.90. The Hall–Kier alpha value is -3.29. The monoisotopic (exact) mass is 350 g/mol. The van der Waals surface area contributed by atoms with Crippen LogP contribution in [0, 0.1) is 0 Å². The molecule has 0 aromatic carbocycles. The molecule has 0 atom stereocenters. The van der Waals surface area contributed by atoms with Gasteiger partial charge in [-0.2, -0.15) is 0 Å². The molecule has 3 aromatic heterocycles. The van der Waals surface area contributed by atoms with E-state index in [1.54, 1.807) is 35.5 Å². The number of pyridine rings is 2. The van der Waals surface area contributed by atoms with Crippen LogP contribution < -0.4 is 4.74 Å². The minimum atomic E-state index is -0.0596. The normalized spacial score (nSPS) is 13.8. The van der Waals surface area contributed by atoms with Crippen molar-refractivity contribution in [2.75, 3.05) is 13.1 Å². The summed E-state index contributed by atoms with van der Waals surface area (Å²) in [7, 11) is 0. The Morgan fingerprint density at radius 3 is 2.62 bits per heavy atom. The maximum Gasteiger partial charge on any atom is 0.272 e. The van der Waals surface area contributed by atoms with Crippen molar-refractivity contribution in [1.82, 2.24) is 29.6 Å². The van der Waals surface area contributed by atoms with Crippen molar-refractivity contribution in [1.29, 1.82) is 0 Å². The van der Waals surface area contributed by atoms with Crippen LogP contribution >= 0.6 is 0 Å². The fraction of sp³-hybridized carbons (Fsp3) is 0.278. The highest BCUT2D eigenvalue weighted by Gasteiger charge is 2.23. The van der Waals surface area contributed by atoms with E-state index in [0.717, 1.165) is 11.6 Å². The molecule has 1 aliphatic heterocycles. The minimum Gasteiger partial charge on any atom is -0.469 e. The first-order chi connectivity index (χ1) is 12.8. The number of hydrogen-bond acceptors (Lipinski definition) is 6. The van der Waals surface area contributed by atoms with Crippen molar-refractivity contribution in [3.05, 3.63) is 66.1 Å². The maximum atomic E-state index is 12.6. The predicted molar refractivity (Wildman–Crippen MR) is 92.4 cm³/mol. The zero-order valence-corrected chi connectivity index (χ0v) is 14.2. The van der Waals surface area contributed by atoms with Gasteiger partial charge in [-0.05, 0) is 18.2 Å². The molecule has 0 saturated heterocycles. The summed E-state index contributed by atoms with van der Waals surface area (Å²) in [5.41, 5.74) is 0.462. The van der Waals surface area contributed by atoms with Crippen molar-refractivity contribution >= 4 is 5.91 Å². The van der Waals surface area contributed by atoms with E-state index in [2.05, 4.69) is 20.2 Å². The van der Waals surface area contributed by atoms with Gasteiger partial charge in [-0.1, -0.05) is 12.1 Å². The summed E-state index contributed by atoms with van der Waals surface area (Å²) in [4.78, 5) is 22.7. The number of amides is 1. The minimum absolute atomic E-state index is 0.0596. The second-order valence-corrected chi connectivity index (χ2v) is 5.90. The van der Waals surface area contributed by atoms with Gasteiger partial charge >= 0.3 is 0 Å². The van der Waals surface area contributed by atoms with Crippen molar-refractivity contribution in [3.8, 4) is 5.88 Å². The number of carbonyl (C=O) groups is 1. The molecule has 1 aliphatic rings. The van der Waals surface area contributed by atoms with Gasteiger partial charge in [0.15, 0.2) is 5.82 Å². The number of carbonyl (C=O) groups excluding carboxylic acids is 1. The van der Waals surface area contributed by atoms with Gasteiger partial charge in [-0.3, -0.25) is 9.78 Å². The first-order valence-corrected chi connectivity index (χ1v) is 8.46. The molecule has 0 spiro atoms. The Kier molecular flexibility index (Phi) is 4.55. The molecule has 0 fully saturated rings. The molecule has 0 aliphatic carbocycles. The topological polar surface area (TPSA) is 86.0 Å². The summed E-state index contributed by atoms with van der Waals surface area (Å²) in [6.45, 7) is 2.09. The van der Waals surface area contributed by atoms with Crippen LogP contribution in [0.3, 0.4) is 0 Å². The Morgan fingerprint density at radius 1 is 1.00 bits per heavy atom. The molecule has 0 saturated carbocycles. The van der Waals surface area contributed by atoms with E-state index in [0.29, 0.717) is 37.6 Å². The zero-order valence-electron chi connectivity index (χ0n) is 14.2. The van der Waals surface area contributed by atoms with Gasteiger partial charge in [0.05, 0.1) is 0 Å². The lowest BCUT2D eigenvalue weighted by molar-refractivity contribution is 0.0752. The van der Waals surface area contributed by atoms with Crippen molar-refractivity contribution < 1.29 is 9.53 Å². The number of ether oxygens (including phenoxy) is 1. The number of aromatic nitrogens is 5. The summed E-state index contributed by atoms with van der Waals surface area (Å²) in [6, 6.07) is 10.9. The van der Waals surface area contributed by atoms with Gasteiger partial charge in [0, 0.05) is 44.5 Å². The fourth-order valence-electron chi connectivity index (χ4n) is 2.92. The highest BCUT2D eigenvalue weighted by molar-refractivity contribution is 5.92. The lowest BCUT2D eigenvalue weighted by Gasteiger charge is -2.19. The average molecular weight is 350 g/mol. The van der Waals surface area contributed by atoms with Gasteiger partial charge in [0.1, 0.15) is 18.1 Å². The van der Waals surface area contributed by atoms with Crippen LogP contribution in [0.25, 0.3) is 0 Å². The molecule has 0 bridgehead atoms. The zero-order chi connectivity index (χ0) is 17.8. The standard InChI is InChI=1S/C18H18N6O2/c25-18(14-5-1-3-8-19-14)23-10-7-15-21-22-16(24(15)12-11-23)13-26-17-6-2-4-9-20-17/h1-6,8-9H,7,10-13H2. The molecular weight excluding hydrogens is 332 g/mol. The largest absolute Gasteiger partial charge is 0.469 e. The van der Waals surface area contributed by atoms with Crippen LogP contribution in [0.4, 0.5) is 0 Å². The third-order valence-corrected chi connectivity index (χ3v) is 4.26. The quantitative estimate of drug-likeness (QED) is 0.706. The predicted octanol–water partition coefficient (Wildman–Crippen LogP) is 1.35. The van der Waals surface area contributed by atoms with Crippen molar-refractivity contribution in [3.63, 3.8) is 0 Å². The number of nitrogens with zero attached hydrogens (tertiary/aromatic N) is 6. The summed E-state index contributed by atoms with van der Waals surface area (Å²) in [6.07, 6.45) is 3.96. The summed E-state index contributed by atoms with van der Waals surface area (Å²) in [5, 5.41) is 8.48. The van der Waals surface area contributed by atoms with E-state index in [1.165, 1.54) is 0 Å². The maximum absolute atomic E-state index is 12.6. The van der Waals surface area contributed by atoms with E-state index >= 15 is 0 Å². The van der Waals surface area contributed by atoms with E-state index in [1.807, 2.05) is 22.8 Å². The van der Waals surface area contributed by atoms with Gasteiger partial charge in [-0.15, -0.1) is 10.2 Å². The van der Waals surface area contributed by atoms with Crippen LogP contribution in [0.1, 0.15) is 22.1 Å². The van der Waals surface area contributed by atoms with E-state index in [9.17, 15) is 4.79 Å². The molecule has 3 aromatic rings. The van der Waals surface area contributed by atoms with Crippen molar-refractivity contribution in [2.45, 2.75) is 19.6 Å². The van der Waals surface area contributed by atoms with Gasteiger partial charge < -0.3 is 14.2 Å². The molecule has 0 radical (unpaired) electrons. The number of hydrogen-bond donors (Lipinski definition) is 0. The average Bonchev–Trinajstić information content (AvgIpc) is 2.96. The van der Waals surface area contributed by atoms with Crippen LogP contribution in [0.15, 0.2) is 48.8 Å². The van der Waals surface area contributed by atoms with Gasteiger partial charge in [0.25, 0.3) is 5.91 Å². The molecule has 8 heteroatoms. The Bertz CT molecular complexity index is 881. The highest BCUT2D eigenvalue weighted by atomic mass is 16.5. The molecule has 8 nitrogen and oxygen atoms in total. The Morgan fingerprint density at radius 2 is 1.85 bits per heavy atom. The van der Waals surface area contributed by atoms with E-state index < -0.39 is 0 Å². The summed E-state index contributed by atoms with van der Waals surface area (Å²) in [5.74, 6) is 2.08. The molecule has 4 rings (SSSR count). The molecule has 26 heavy (non-hydrogen) atoms. The Labute approximate surface area is 150 Å². The summed E-state index contributed by atoms with van der Waals surface area (Å²) < 4.78 is 7.70. The molecule has 132 valence electrons. The second kappa shape index (κ2) is 7.30. The first-order valence-electron chi connectivity index (χ1n) is 8.46. The lowest BCUT2D eigenvalue weighted by Crippen LogP contribution is -2.34. The molecular formula is C18H18N6O2. The third kappa shape index (κ3) is 3.39. The summed E-state index contributed by atoms with van der Waals surface area (Å²) >= 11 is 0. The third-order valence-electron chi connectivity index (χ3n) is 4.26. The van der Waals surface area contributed by atoms with Gasteiger partial charge in [0.2, 0.25) is 5.88 Å². The fourth-order valence-corrected chi connectivity index (χ4v) is 2.92. The van der Waals surface area contributed by atoms with E-state index in [4.69, 9.17) is 4.74 Å². The SMILES string of the molecule is O=C(c1ccccn1)N1CCc2nnc(COc3ccccn3)n2CC1. The number of fused-ring (bicyclic) bond motifs is 1. The highest BCUT2D eigenvalue weighted by Crippen LogP contribution is 2.13. The van der Waals surface area contributed by atoms with E-state index in [-0.39, 0.29) is 12.5 Å². The molecule has 0 N–H and O–H groups in total. The number of rotatable bonds is 4. The lowest BCUT2D eigenvalue weighted by atomic mass is 10.3. The van der Waals surface area contributed by atoms with Crippen LogP contribution in [0.2, 0.25) is 0 Å². The van der Waals surface area contributed by atoms with Crippen LogP contribution in [-0.2, 0) is 19.6 Å². The van der Waals surface area contributed by atoms with Crippen LogP contribution in [0.5, 0.6) is 5.88 Å². The van der Waals surface area contributed by atoms with Gasteiger partial charge in [-0.25, -0.2) is 4.98 Å². The molecule has 4 heterocycles. The molecule has 1 amide bonds. The van der Waals surface area contributed by atoms with Crippen molar-refractivity contribution in [2.24, 2.45) is 0 Å².